The largest absolute Gasteiger partial charge is 0.348 e. The van der Waals surface area contributed by atoms with E-state index in [1.807, 2.05) is 0 Å². The maximum atomic E-state index is 12.6. The first-order valence-corrected chi connectivity index (χ1v) is 12.2. The van der Waals surface area contributed by atoms with Crippen molar-refractivity contribution in [3.63, 3.8) is 0 Å². The number of piperazine rings is 1. The molecule has 11 heteroatoms. The lowest BCUT2D eigenvalue weighted by molar-refractivity contribution is -0.384. The Kier molecular flexibility index (Phi) is 6.87. The Bertz CT molecular complexity index is 1020. The number of nitrogens with one attached hydrogen (secondary N) is 1. The molecule has 1 aromatic heterocycles. The summed E-state index contributed by atoms with van der Waals surface area (Å²) in [4.78, 5) is 39.6. The van der Waals surface area contributed by atoms with Gasteiger partial charge in [-0.15, -0.1) is 11.3 Å². The maximum absolute atomic E-state index is 12.6. The van der Waals surface area contributed by atoms with E-state index < -0.39 is 4.92 Å². The molecule has 0 bridgehead atoms. The first-order valence-electron chi connectivity index (χ1n) is 9.80. The molecule has 31 heavy (non-hydrogen) atoms. The molecule has 1 amide bonds. The Morgan fingerprint density at radius 2 is 1.77 bits per heavy atom. The fourth-order valence-electron chi connectivity index (χ4n) is 4.00. The van der Waals surface area contributed by atoms with Gasteiger partial charge in [-0.1, -0.05) is 12.1 Å². The zero-order valence-corrected chi connectivity index (χ0v) is 20.5. The lowest BCUT2D eigenvalue weighted by Crippen LogP contribution is -2.49. The predicted molar refractivity (Wildman–Crippen MR) is 124 cm³/mol. The molecule has 1 atom stereocenters. The Morgan fingerprint density at radius 3 is 2.42 bits per heavy atom. The number of non-ortho nitro benzene ring substituents is 1. The summed E-state index contributed by atoms with van der Waals surface area (Å²) in [6, 6.07) is 6.35. The fourth-order valence-corrected chi connectivity index (χ4v) is 7.37. The van der Waals surface area contributed by atoms with Crippen molar-refractivity contribution in [3.05, 3.63) is 58.6 Å². The van der Waals surface area contributed by atoms with Gasteiger partial charge < -0.3 is 5.32 Å². The first kappa shape index (κ1) is 22.5. The van der Waals surface area contributed by atoms with Crippen molar-refractivity contribution in [3.8, 4) is 0 Å². The van der Waals surface area contributed by atoms with Crippen molar-refractivity contribution in [2.45, 2.75) is 19.0 Å². The fraction of sp³-hybridized carbons (Fsp3) is 0.400. The number of rotatable bonds is 6. The molecule has 1 aromatic carbocycles. The summed E-state index contributed by atoms with van der Waals surface area (Å²) in [5, 5.41) is 13.8. The van der Waals surface area contributed by atoms with Gasteiger partial charge in [-0.25, -0.2) is 0 Å². The number of carbonyl (C=O) groups excluding carboxylic acids is 2. The van der Waals surface area contributed by atoms with E-state index in [-0.39, 0.29) is 23.4 Å². The molecule has 1 aliphatic heterocycles. The van der Waals surface area contributed by atoms with Crippen LogP contribution in [0, 0.1) is 10.1 Å². The highest BCUT2D eigenvalue weighted by Crippen LogP contribution is 2.46. The van der Waals surface area contributed by atoms with E-state index >= 15 is 0 Å². The second kappa shape index (κ2) is 9.45. The van der Waals surface area contributed by atoms with E-state index in [0.29, 0.717) is 18.5 Å². The number of nitro groups is 1. The minimum absolute atomic E-state index is 0.0500. The molecule has 1 fully saturated rings. The van der Waals surface area contributed by atoms with Gasteiger partial charge >= 0.3 is 0 Å². The number of hydrogen-bond acceptors (Lipinski definition) is 7. The van der Waals surface area contributed by atoms with Crippen LogP contribution in [0.15, 0.2) is 31.8 Å². The normalized spacial score (nSPS) is 19.4. The average molecular weight is 572 g/mol. The molecule has 2 heterocycles. The standard InChI is InChI=1S/C20H20Br2N4O4S/c21-19-17-14(9-15(27)18(17)20(22)31-19)23-16(28)11-25-7-5-24(6-8-25)10-12-1-3-13(4-2-12)26(29)30/h1-4,14H,5-11H2,(H,23,28). The number of benzene rings is 1. The molecule has 8 nitrogen and oxygen atoms in total. The second-order valence-corrected chi connectivity index (χ2v) is 11.3. The summed E-state index contributed by atoms with van der Waals surface area (Å²) < 4.78 is 1.69. The van der Waals surface area contributed by atoms with Crippen LogP contribution in [0.5, 0.6) is 0 Å². The van der Waals surface area contributed by atoms with E-state index in [0.717, 1.165) is 51.4 Å². The van der Waals surface area contributed by atoms with Crippen LogP contribution < -0.4 is 5.32 Å². The number of halogens is 2. The number of fused-ring (bicyclic) bond motifs is 1. The van der Waals surface area contributed by atoms with E-state index in [9.17, 15) is 19.7 Å². The van der Waals surface area contributed by atoms with Gasteiger partial charge in [-0.05, 0) is 37.4 Å². The molecule has 1 saturated heterocycles. The number of hydrogen-bond donors (Lipinski definition) is 1. The quantitative estimate of drug-likeness (QED) is 0.419. The van der Waals surface area contributed by atoms with Crippen LogP contribution in [0.1, 0.15) is 33.9 Å². The van der Waals surface area contributed by atoms with E-state index in [2.05, 4.69) is 47.0 Å². The van der Waals surface area contributed by atoms with Crippen LogP contribution >= 0.6 is 43.2 Å². The van der Waals surface area contributed by atoms with Crippen molar-refractivity contribution >= 4 is 60.6 Å². The summed E-state index contributed by atoms with van der Waals surface area (Å²) in [5.41, 5.74) is 2.69. The topological polar surface area (TPSA) is 95.8 Å². The zero-order chi connectivity index (χ0) is 22.1. The van der Waals surface area contributed by atoms with E-state index in [1.165, 1.54) is 23.5 Å². The lowest BCUT2D eigenvalue weighted by Gasteiger charge is -2.34. The summed E-state index contributed by atoms with van der Waals surface area (Å²) in [6.07, 6.45) is 0.296. The summed E-state index contributed by atoms with van der Waals surface area (Å²) in [5.74, 6) is -0.0299. The van der Waals surface area contributed by atoms with Gasteiger partial charge in [0.05, 0.1) is 25.1 Å². The maximum Gasteiger partial charge on any atom is 0.269 e. The van der Waals surface area contributed by atoms with E-state index in [4.69, 9.17) is 0 Å². The van der Waals surface area contributed by atoms with Gasteiger partial charge in [0.15, 0.2) is 5.78 Å². The minimum atomic E-state index is -0.397. The first-order chi connectivity index (χ1) is 14.8. The van der Waals surface area contributed by atoms with Crippen molar-refractivity contribution in [1.29, 1.82) is 0 Å². The smallest absolute Gasteiger partial charge is 0.269 e. The summed E-state index contributed by atoms with van der Waals surface area (Å²) in [7, 11) is 0. The highest BCUT2D eigenvalue weighted by Gasteiger charge is 2.36. The highest BCUT2D eigenvalue weighted by atomic mass is 79.9. The number of amides is 1. The third kappa shape index (κ3) is 5.06. The van der Waals surface area contributed by atoms with Crippen molar-refractivity contribution in [1.82, 2.24) is 15.1 Å². The van der Waals surface area contributed by atoms with Crippen LogP contribution in [-0.2, 0) is 11.3 Å². The van der Waals surface area contributed by atoms with Gasteiger partial charge in [0.1, 0.15) is 0 Å². The van der Waals surface area contributed by atoms with Crippen LogP contribution in [-0.4, -0.2) is 59.1 Å². The summed E-state index contributed by atoms with van der Waals surface area (Å²) >= 11 is 8.39. The molecule has 164 valence electrons. The van der Waals surface area contributed by atoms with Gasteiger partial charge in [0, 0.05) is 62.4 Å². The molecule has 0 radical (unpaired) electrons. The monoisotopic (exact) mass is 570 g/mol. The van der Waals surface area contributed by atoms with Crippen LogP contribution in [0.4, 0.5) is 5.69 Å². The third-order valence-electron chi connectivity index (χ3n) is 5.59. The van der Waals surface area contributed by atoms with Crippen LogP contribution in [0.25, 0.3) is 0 Å². The number of Topliss-reactive ketones (excluding diaryl/α,β-unsaturated/α-hetero) is 1. The Labute approximate surface area is 200 Å². The molecule has 2 aliphatic rings. The third-order valence-corrected chi connectivity index (χ3v) is 8.17. The Hall–Kier alpha value is -1.66. The highest BCUT2D eigenvalue weighted by molar-refractivity contribution is 9.12. The van der Waals surface area contributed by atoms with Gasteiger partial charge in [0.2, 0.25) is 5.91 Å². The van der Waals surface area contributed by atoms with E-state index in [1.54, 1.807) is 12.1 Å². The molecule has 4 rings (SSSR count). The minimum Gasteiger partial charge on any atom is -0.348 e. The number of nitrogens with zero attached hydrogens (tertiary/aromatic N) is 3. The second-order valence-electron chi connectivity index (χ2n) is 7.66. The molecule has 0 saturated carbocycles. The number of nitro benzene ring substituents is 1. The predicted octanol–water partition coefficient (Wildman–Crippen LogP) is 3.74. The molecule has 0 spiro atoms. The zero-order valence-electron chi connectivity index (χ0n) is 16.5. The lowest BCUT2D eigenvalue weighted by atomic mass is 10.1. The summed E-state index contributed by atoms with van der Waals surface area (Å²) in [6.45, 7) is 4.20. The van der Waals surface area contributed by atoms with Crippen molar-refractivity contribution < 1.29 is 14.5 Å². The molecular weight excluding hydrogens is 552 g/mol. The van der Waals surface area contributed by atoms with Gasteiger partial charge in [0.25, 0.3) is 5.69 Å². The molecule has 1 aliphatic carbocycles. The van der Waals surface area contributed by atoms with Crippen molar-refractivity contribution in [2.24, 2.45) is 0 Å². The molecule has 1 N–H and O–H groups in total. The SMILES string of the molecule is O=C(CN1CCN(Cc2ccc([N+](=O)[O-])cc2)CC1)NC1CC(=O)c2c(Br)sc(Br)c21. The number of carbonyl (C=O) groups is 2. The van der Waals surface area contributed by atoms with Gasteiger partial charge in [-0.3, -0.25) is 29.5 Å². The van der Waals surface area contributed by atoms with Crippen molar-refractivity contribution in [2.75, 3.05) is 32.7 Å². The number of ketones is 1. The number of thiophene rings is 1. The Balaban J connectivity index is 1.25. The molecule has 2 aromatic rings. The Morgan fingerprint density at radius 1 is 1.13 bits per heavy atom. The van der Waals surface area contributed by atoms with Crippen LogP contribution in [0.3, 0.4) is 0 Å². The molecule has 1 unspecified atom stereocenters. The average Bonchev–Trinajstić information content (AvgIpc) is 3.21. The van der Waals surface area contributed by atoms with Gasteiger partial charge in [-0.2, -0.15) is 0 Å². The molecular formula is C20H20Br2N4O4S. The van der Waals surface area contributed by atoms with Crippen LogP contribution in [0.2, 0.25) is 0 Å².